The second-order valence-corrected chi connectivity index (χ2v) is 3.55. The number of aromatic amines is 1. The van der Waals surface area contributed by atoms with Gasteiger partial charge in [0.25, 0.3) is 0 Å². The third kappa shape index (κ3) is 2.37. The molecule has 0 aliphatic carbocycles. The number of aromatic nitrogens is 1. The number of pyridine rings is 1. The SMILES string of the molecule is N#CC(C#N)=CNc1ccc2ccc(=O)[nH]c2c1. The van der Waals surface area contributed by atoms with Gasteiger partial charge in [0.15, 0.2) is 0 Å². The minimum absolute atomic E-state index is 0.0170. The van der Waals surface area contributed by atoms with Crippen LogP contribution in [0.1, 0.15) is 0 Å². The lowest BCUT2D eigenvalue weighted by Gasteiger charge is -2.02. The lowest BCUT2D eigenvalue weighted by molar-refractivity contribution is 1.31. The summed E-state index contributed by atoms with van der Waals surface area (Å²) in [6.07, 6.45) is 1.32. The average Bonchev–Trinajstić information content (AvgIpc) is 2.39. The van der Waals surface area contributed by atoms with Crippen LogP contribution >= 0.6 is 0 Å². The fraction of sp³-hybridized carbons (Fsp3) is 0. The van der Waals surface area contributed by atoms with E-state index in [1.54, 1.807) is 30.3 Å². The molecule has 0 unspecified atom stereocenters. The van der Waals surface area contributed by atoms with E-state index < -0.39 is 0 Å². The Balaban J connectivity index is 2.37. The molecular weight excluding hydrogens is 228 g/mol. The van der Waals surface area contributed by atoms with E-state index in [0.29, 0.717) is 11.2 Å². The van der Waals surface area contributed by atoms with E-state index in [9.17, 15) is 4.79 Å². The minimum atomic E-state index is -0.176. The van der Waals surface area contributed by atoms with Gasteiger partial charge in [-0.15, -0.1) is 0 Å². The van der Waals surface area contributed by atoms with Gasteiger partial charge in [-0.1, -0.05) is 6.07 Å². The van der Waals surface area contributed by atoms with Crippen molar-refractivity contribution in [2.75, 3.05) is 5.32 Å². The number of nitriles is 2. The Labute approximate surface area is 103 Å². The van der Waals surface area contributed by atoms with E-state index in [1.807, 2.05) is 6.07 Å². The second-order valence-electron chi connectivity index (χ2n) is 3.55. The minimum Gasteiger partial charge on any atom is -0.360 e. The van der Waals surface area contributed by atoms with Gasteiger partial charge in [-0.05, 0) is 23.6 Å². The number of hydrogen-bond acceptors (Lipinski definition) is 4. The maximum atomic E-state index is 11.2. The number of nitrogens with zero attached hydrogens (tertiary/aromatic N) is 2. The Morgan fingerprint density at radius 1 is 1.22 bits per heavy atom. The number of fused-ring (bicyclic) bond motifs is 1. The van der Waals surface area contributed by atoms with Gasteiger partial charge >= 0.3 is 0 Å². The molecule has 0 radical (unpaired) electrons. The molecule has 2 aromatic rings. The highest BCUT2D eigenvalue weighted by molar-refractivity contribution is 5.82. The summed E-state index contributed by atoms with van der Waals surface area (Å²) in [7, 11) is 0. The molecule has 18 heavy (non-hydrogen) atoms. The molecule has 0 saturated heterocycles. The van der Waals surface area contributed by atoms with E-state index in [2.05, 4.69) is 10.3 Å². The van der Waals surface area contributed by atoms with Crippen LogP contribution in [0.15, 0.2) is 46.9 Å². The summed E-state index contributed by atoms with van der Waals surface area (Å²) in [4.78, 5) is 13.9. The Kier molecular flexibility index (Phi) is 3.08. The molecule has 2 rings (SSSR count). The highest BCUT2D eigenvalue weighted by atomic mass is 16.1. The molecule has 0 aliphatic heterocycles. The van der Waals surface area contributed by atoms with Crippen LogP contribution in [0.2, 0.25) is 0 Å². The molecule has 5 nitrogen and oxygen atoms in total. The molecule has 5 heteroatoms. The van der Waals surface area contributed by atoms with Crippen LogP contribution in [0, 0.1) is 22.7 Å². The van der Waals surface area contributed by atoms with Gasteiger partial charge in [-0.25, -0.2) is 0 Å². The first-order valence-electron chi connectivity index (χ1n) is 5.13. The van der Waals surface area contributed by atoms with Crippen molar-refractivity contribution >= 4 is 16.6 Å². The Bertz CT molecular complexity index is 743. The van der Waals surface area contributed by atoms with Gasteiger partial charge in [0, 0.05) is 18.0 Å². The predicted octanol–water partition coefficient (Wildman–Crippen LogP) is 1.87. The molecule has 86 valence electrons. The molecule has 0 spiro atoms. The second kappa shape index (κ2) is 4.86. The molecular formula is C13H8N4O. The lowest BCUT2D eigenvalue weighted by Crippen LogP contribution is -2.02. The van der Waals surface area contributed by atoms with Gasteiger partial charge in [-0.3, -0.25) is 4.79 Å². The van der Waals surface area contributed by atoms with Gasteiger partial charge in [0.1, 0.15) is 17.7 Å². The number of H-pyrrole nitrogens is 1. The Hall–Kier alpha value is -3.05. The van der Waals surface area contributed by atoms with Crippen molar-refractivity contribution in [3.8, 4) is 12.1 Å². The average molecular weight is 236 g/mol. The third-order valence-corrected chi connectivity index (χ3v) is 2.35. The van der Waals surface area contributed by atoms with Crippen LogP contribution in [0.4, 0.5) is 5.69 Å². The first-order valence-corrected chi connectivity index (χ1v) is 5.13. The first-order chi connectivity index (χ1) is 8.72. The molecule has 0 bridgehead atoms. The maximum Gasteiger partial charge on any atom is 0.248 e. The third-order valence-electron chi connectivity index (χ3n) is 2.35. The number of allylic oxidation sites excluding steroid dienone is 1. The smallest absolute Gasteiger partial charge is 0.248 e. The van der Waals surface area contributed by atoms with Gasteiger partial charge in [0.2, 0.25) is 5.56 Å². The van der Waals surface area contributed by atoms with E-state index in [1.165, 1.54) is 12.3 Å². The number of benzene rings is 1. The van der Waals surface area contributed by atoms with Crippen LogP contribution in [0.5, 0.6) is 0 Å². The molecule has 1 heterocycles. The lowest BCUT2D eigenvalue weighted by atomic mass is 10.2. The highest BCUT2D eigenvalue weighted by Gasteiger charge is 1.97. The van der Waals surface area contributed by atoms with Crippen molar-refractivity contribution in [3.05, 3.63) is 52.5 Å². The normalized spacial score (nSPS) is 9.22. The zero-order valence-electron chi connectivity index (χ0n) is 9.27. The fourth-order valence-corrected chi connectivity index (χ4v) is 1.48. The molecule has 0 atom stereocenters. The van der Waals surface area contributed by atoms with Crippen LogP contribution in [-0.2, 0) is 0 Å². The monoisotopic (exact) mass is 236 g/mol. The molecule has 0 fully saturated rings. The molecule has 0 amide bonds. The molecule has 0 aliphatic rings. The van der Waals surface area contributed by atoms with Crippen molar-refractivity contribution in [1.82, 2.24) is 4.98 Å². The Morgan fingerprint density at radius 3 is 2.67 bits per heavy atom. The topological polar surface area (TPSA) is 92.5 Å². The van der Waals surface area contributed by atoms with Crippen molar-refractivity contribution < 1.29 is 0 Å². The van der Waals surface area contributed by atoms with Crippen molar-refractivity contribution in [2.45, 2.75) is 0 Å². The summed E-state index contributed by atoms with van der Waals surface area (Å²) >= 11 is 0. The first kappa shape index (κ1) is 11.4. The predicted molar refractivity (Wildman–Crippen MR) is 67.5 cm³/mol. The summed E-state index contributed by atoms with van der Waals surface area (Å²) in [5.74, 6) is 0. The molecule has 2 N–H and O–H groups in total. The standard InChI is InChI=1S/C13H8N4O/c14-6-9(7-15)8-16-11-3-1-10-2-4-13(18)17-12(10)5-11/h1-5,8,16H,(H,17,18). The van der Waals surface area contributed by atoms with Crippen LogP contribution in [0.25, 0.3) is 10.9 Å². The summed E-state index contributed by atoms with van der Waals surface area (Å²) < 4.78 is 0. The zero-order valence-corrected chi connectivity index (χ0v) is 9.27. The van der Waals surface area contributed by atoms with Crippen molar-refractivity contribution in [1.29, 1.82) is 10.5 Å². The summed E-state index contributed by atoms with van der Waals surface area (Å²) in [6.45, 7) is 0. The van der Waals surface area contributed by atoms with Gasteiger partial charge in [-0.2, -0.15) is 10.5 Å². The van der Waals surface area contributed by atoms with E-state index in [-0.39, 0.29) is 11.1 Å². The largest absolute Gasteiger partial charge is 0.360 e. The molecule has 0 saturated carbocycles. The number of rotatable bonds is 2. The van der Waals surface area contributed by atoms with Crippen LogP contribution < -0.4 is 10.9 Å². The quantitative estimate of drug-likeness (QED) is 0.778. The Morgan fingerprint density at radius 2 is 1.94 bits per heavy atom. The molecule has 1 aromatic heterocycles. The summed E-state index contributed by atoms with van der Waals surface area (Å²) in [5, 5.41) is 20.9. The maximum absolute atomic E-state index is 11.2. The summed E-state index contributed by atoms with van der Waals surface area (Å²) in [6, 6.07) is 12.0. The highest BCUT2D eigenvalue weighted by Crippen LogP contribution is 2.16. The van der Waals surface area contributed by atoms with Crippen LogP contribution in [0.3, 0.4) is 0 Å². The molecule has 1 aromatic carbocycles. The van der Waals surface area contributed by atoms with Gasteiger partial charge in [0.05, 0.1) is 5.52 Å². The van der Waals surface area contributed by atoms with Crippen molar-refractivity contribution in [3.63, 3.8) is 0 Å². The van der Waals surface area contributed by atoms with E-state index in [4.69, 9.17) is 10.5 Å². The zero-order chi connectivity index (χ0) is 13.0. The van der Waals surface area contributed by atoms with E-state index >= 15 is 0 Å². The number of anilines is 1. The van der Waals surface area contributed by atoms with Crippen molar-refractivity contribution in [2.24, 2.45) is 0 Å². The number of nitrogens with one attached hydrogen (secondary N) is 2. The van der Waals surface area contributed by atoms with Gasteiger partial charge < -0.3 is 10.3 Å². The summed E-state index contributed by atoms with van der Waals surface area (Å²) in [5.41, 5.74) is 1.19. The van der Waals surface area contributed by atoms with Crippen LogP contribution in [-0.4, -0.2) is 4.98 Å². The van der Waals surface area contributed by atoms with E-state index in [0.717, 1.165) is 5.39 Å². The fourth-order valence-electron chi connectivity index (χ4n) is 1.48. The number of hydrogen-bond donors (Lipinski definition) is 2.